The van der Waals surface area contributed by atoms with Gasteiger partial charge in [0.1, 0.15) is 0 Å². The molecule has 2 aliphatic rings. The zero-order chi connectivity index (χ0) is 17.8. The summed E-state index contributed by atoms with van der Waals surface area (Å²) >= 11 is 6.39. The third kappa shape index (κ3) is 3.98. The molecule has 138 valence electrons. The molecule has 2 aliphatic heterocycles. The zero-order valence-corrected chi connectivity index (χ0v) is 16.1. The first kappa shape index (κ1) is 18.0. The Hall–Kier alpha value is -1.35. The number of hydrogen-bond acceptors (Lipinski definition) is 2. The molecular weight excluding hydrogens is 342 g/mol. The van der Waals surface area contributed by atoms with Crippen molar-refractivity contribution in [3.63, 3.8) is 0 Å². The van der Waals surface area contributed by atoms with Crippen molar-refractivity contribution in [2.24, 2.45) is 5.41 Å². The van der Waals surface area contributed by atoms with Gasteiger partial charge in [0.25, 0.3) is 0 Å². The van der Waals surface area contributed by atoms with E-state index >= 15 is 0 Å². The molecule has 2 nitrogen and oxygen atoms in total. The molecule has 0 aromatic heterocycles. The summed E-state index contributed by atoms with van der Waals surface area (Å²) in [5.74, 6) is 0. The molecule has 4 rings (SSSR count). The summed E-state index contributed by atoms with van der Waals surface area (Å²) in [5, 5.41) is 0.881. The lowest BCUT2D eigenvalue weighted by Gasteiger charge is -2.35. The van der Waals surface area contributed by atoms with E-state index in [4.69, 9.17) is 16.3 Å². The number of rotatable bonds is 6. The number of hydrogen-bond donors (Lipinski definition) is 0. The summed E-state index contributed by atoms with van der Waals surface area (Å²) in [6.07, 6.45) is 6.43. The van der Waals surface area contributed by atoms with Gasteiger partial charge in [0.2, 0.25) is 0 Å². The minimum absolute atomic E-state index is 0.285. The molecule has 0 aliphatic carbocycles. The normalized spacial score (nSPS) is 26.4. The van der Waals surface area contributed by atoms with Gasteiger partial charge in [-0.15, -0.1) is 0 Å². The minimum Gasteiger partial charge on any atom is -0.378 e. The summed E-state index contributed by atoms with van der Waals surface area (Å²) in [5.41, 5.74) is 2.96. The Morgan fingerprint density at radius 2 is 1.88 bits per heavy atom. The van der Waals surface area contributed by atoms with Gasteiger partial charge < -0.3 is 4.74 Å². The standard InChI is InChI=1S/C23H28ClNO/c24-21-10-5-4-9-20(21)17-25-15-14-23(18-25,22-11-6-16-26-22)13-12-19-7-2-1-3-8-19/h1-5,7-10,22H,6,11-18H2. The van der Waals surface area contributed by atoms with Crippen LogP contribution in [-0.4, -0.2) is 30.7 Å². The first-order valence-electron chi connectivity index (χ1n) is 9.86. The van der Waals surface area contributed by atoms with Crippen LogP contribution in [0, 0.1) is 5.41 Å². The van der Waals surface area contributed by atoms with E-state index in [1.165, 1.54) is 36.8 Å². The summed E-state index contributed by atoms with van der Waals surface area (Å²) < 4.78 is 6.20. The van der Waals surface area contributed by atoms with Crippen molar-refractivity contribution in [3.05, 3.63) is 70.7 Å². The maximum atomic E-state index is 6.39. The predicted octanol–water partition coefficient (Wildman–Crippen LogP) is 5.34. The second kappa shape index (κ2) is 8.12. The van der Waals surface area contributed by atoms with Crippen LogP contribution < -0.4 is 0 Å². The molecule has 2 aromatic rings. The van der Waals surface area contributed by atoms with Crippen molar-refractivity contribution in [3.8, 4) is 0 Å². The van der Waals surface area contributed by atoms with Crippen LogP contribution >= 0.6 is 11.6 Å². The van der Waals surface area contributed by atoms with Crippen LogP contribution in [0.3, 0.4) is 0 Å². The molecular formula is C23H28ClNO. The summed E-state index contributed by atoms with van der Waals surface area (Å²) in [7, 11) is 0. The topological polar surface area (TPSA) is 12.5 Å². The van der Waals surface area contributed by atoms with E-state index in [0.29, 0.717) is 6.10 Å². The van der Waals surface area contributed by atoms with Crippen LogP contribution in [0.15, 0.2) is 54.6 Å². The molecule has 2 aromatic carbocycles. The van der Waals surface area contributed by atoms with Gasteiger partial charge in [-0.25, -0.2) is 0 Å². The van der Waals surface area contributed by atoms with Gasteiger partial charge in [-0.3, -0.25) is 4.90 Å². The largest absolute Gasteiger partial charge is 0.378 e. The summed E-state index contributed by atoms with van der Waals surface area (Å²) in [4.78, 5) is 2.58. The summed E-state index contributed by atoms with van der Waals surface area (Å²) in [6.45, 7) is 4.14. The molecule has 2 atom stereocenters. The molecule has 0 amide bonds. The predicted molar refractivity (Wildman–Crippen MR) is 108 cm³/mol. The molecule has 2 saturated heterocycles. The third-order valence-electron chi connectivity index (χ3n) is 6.18. The highest BCUT2D eigenvalue weighted by Gasteiger charge is 2.45. The molecule has 0 spiro atoms. The van der Waals surface area contributed by atoms with Crippen molar-refractivity contribution in [1.82, 2.24) is 4.90 Å². The highest BCUT2D eigenvalue weighted by molar-refractivity contribution is 6.31. The Bertz CT molecular complexity index is 713. The van der Waals surface area contributed by atoms with Gasteiger partial charge in [0.05, 0.1) is 6.10 Å². The Balaban J connectivity index is 1.47. The lowest BCUT2D eigenvalue weighted by molar-refractivity contribution is -0.00181. The van der Waals surface area contributed by atoms with Crippen molar-refractivity contribution in [2.45, 2.75) is 44.8 Å². The van der Waals surface area contributed by atoms with Gasteiger partial charge in [0, 0.05) is 30.1 Å². The molecule has 0 bridgehead atoms. The second-order valence-corrected chi connectivity index (χ2v) is 8.31. The maximum Gasteiger partial charge on any atom is 0.0645 e. The summed E-state index contributed by atoms with van der Waals surface area (Å²) in [6, 6.07) is 19.1. The fraction of sp³-hybridized carbons (Fsp3) is 0.478. The van der Waals surface area contributed by atoms with E-state index in [-0.39, 0.29) is 5.41 Å². The lowest BCUT2D eigenvalue weighted by Crippen LogP contribution is -2.38. The number of aryl methyl sites for hydroxylation is 1. The first-order valence-corrected chi connectivity index (χ1v) is 10.2. The van der Waals surface area contributed by atoms with E-state index in [9.17, 15) is 0 Å². The number of halogens is 1. The van der Waals surface area contributed by atoms with Crippen molar-refractivity contribution < 1.29 is 4.74 Å². The minimum atomic E-state index is 0.285. The van der Waals surface area contributed by atoms with E-state index in [1.807, 2.05) is 12.1 Å². The highest BCUT2D eigenvalue weighted by Crippen LogP contribution is 2.44. The average molecular weight is 370 g/mol. The zero-order valence-electron chi connectivity index (χ0n) is 15.4. The van der Waals surface area contributed by atoms with Crippen LogP contribution in [0.4, 0.5) is 0 Å². The van der Waals surface area contributed by atoms with Crippen LogP contribution in [0.1, 0.15) is 36.8 Å². The number of likely N-dealkylation sites (tertiary alicyclic amines) is 1. The highest BCUT2D eigenvalue weighted by atomic mass is 35.5. The van der Waals surface area contributed by atoms with Crippen LogP contribution in [0.25, 0.3) is 0 Å². The SMILES string of the molecule is Clc1ccccc1CN1CCC(CCc2ccccc2)(C2CCCO2)C1. The fourth-order valence-electron chi connectivity index (χ4n) is 4.71. The molecule has 3 heteroatoms. The third-order valence-corrected chi connectivity index (χ3v) is 6.55. The average Bonchev–Trinajstić information content (AvgIpc) is 3.34. The van der Waals surface area contributed by atoms with Crippen LogP contribution in [0.5, 0.6) is 0 Å². The van der Waals surface area contributed by atoms with Gasteiger partial charge in [-0.1, -0.05) is 60.1 Å². The molecule has 0 radical (unpaired) electrons. The molecule has 2 unspecified atom stereocenters. The van der Waals surface area contributed by atoms with Gasteiger partial charge >= 0.3 is 0 Å². The van der Waals surface area contributed by atoms with E-state index in [0.717, 1.165) is 37.7 Å². The first-order chi connectivity index (χ1) is 12.8. The van der Waals surface area contributed by atoms with Crippen molar-refractivity contribution >= 4 is 11.6 Å². The second-order valence-electron chi connectivity index (χ2n) is 7.90. The Morgan fingerprint density at radius 3 is 2.65 bits per heavy atom. The van der Waals surface area contributed by atoms with Gasteiger partial charge in [-0.05, 0) is 55.8 Å². The monoisotopic (exact) mass is 369 g/mol. The number of benzene rings is 2. The molecule has 0 saturated carbocycles. The number of ether oxygens (including phenoxy) is 1. The van der Waals surface area contributed by atoms with E-state index < -0.39 is 0 Å². The Labute approximate surface area is 162 Å². The molecule has 0 N–H and O–H groups in total. The smallest absolute Gasteiger partial charge is 0.0645 e. The van der Waals surface area contributed by atoms with Crippen LogP contribution in [-0.2, 0) is 17.7 Å². The Morgan fingerprint density at radius 1 is 1.08 bits per heavy atom. The fourth-order valence-corrected chi connectivity index (χ4v) is 4.91. The maximum absolute atomic E-state index is 6.39. The lowest BCUT2D eigenvalue weighted by atomic mass is 9.75. The van der Waals surface area contributed by atoms with Gasteiger partial charge in [-0.2, -0.15) is 0 Å². The van der Waals surface area contributed by atoms with Crippen LogP contribution in [0.2, 0.25) is 5.02 Å². The molecule has 26 heavy (non-hydrogen) atoms. The van der Waals surface area contributed by atoms with E-state index in [1.54, 1.807) is 0 Å². The quantitative estimate of drug-likeness (QED) is 0.681. The Kier molecular flexibility index (Phi) is 5.63. The van der Waals surface area contributed by atoms with Crippen molar-refractivity contribution in [1.29, 1.82) is 0 Å². The van der Waals surface area contributed by atoms with E-state index in [2.05, 4.69) is 47.4 Å². The van der Waals surface area contributed by atoms with Crippen molar-refractivity contribution in [2.75, 3.05) is 19.7 Å². The van der Waals surface area contributed by atoms with Gasteiger partial charge in [0.15, 0.2) is 0 Å². The molecule has 2 fully saturated rings. The molecule has 2 heterocycles. The number of nitrogens with zero attached hydrogens (tertiary/aromatic N) is 1.